The summed E-state index contributed by atoms with van der Waals surface area (Å²) in [6, 6.07) is 0. The van der Waals surface area contributed by atoms with E-state index in [1.807, 2.05) is 0 Å². The highest BCUT2D eigenvalue weighted by Crippen LogP contribution is 2.08. The molecule has 0 fully saturated rings. The monoisotopic (exact) mass is 154 g/mol. The zero-order chi connectivity index (χ0) is 8.69. The Balaban J connectivity index is 3.25. The zero-order valence-electron chi connectivity index (χ0n) is 7.65. The molecule has 0 unspecified atom stereocenters. The zero-order valence-corrected chi connectivity index (χ0v) is 7.65. The SMILES string of the molecule is C=C(CCCCCC)C(C)=O. The second kappa shape index (κ2) is 6.14. The van der Waals surface area contributed by atoms with Crippen LogP contribution in [0, 0.1) is 0 Å². The van der Waals surface area contributed by atoms with Gasteiger partial charge in [0.2, 0.25) is 0 Å². The predicted molar refractivity (Wildman–Crippen MR) is 48.6 cm³/mol. The van der Waals surface area contributed by atoms with Gasteiger partial charge in [0.25, 0.3) is 0 Å². The van der Waals surface area contributed by atoms with Gasteiger partial charge in [-0.2, -0.15) is 0 Å². The molecule has 0 amide bonds. The molecule has 0 saturated carbocycles. The van der Waals surface area contributed by atoms with Crippen LogP contribution in [0.25, 0.3) is 0 Å². The van der Waals surface area contributed by atoms with Crippen LogP contribution >= 0.6 is 0 Å². The molecule has 0 spiro atoms. The molecule has 0 N–H and O–H groups in total. The Morgan fingerprint density at radius 3 is 2.36 bits per heavy atom. The second-order valence-electron chi connectivity index (χ2n) is 2.97. The van der Waals surface area contributed by atoms with E-state index in [4.69, 9.17) is 0 Å². The lowest BCUT2D eigenvalue weighted by Gasteiger charge is -1.99. The minimum absolute atomic E-state index is 0.140. The highest BCUT2D eigenvalue weighted by Gasteiger charge is 1.98. The molecule has 0 rings (SSSR count). The molecule has 1 heteroatoms. The summed E-state index contributed by atoms with van der Waals surface area (Å²) in [5.74, 6) is 0.140. The molecular weight excluding hydrogens is 136 g/mol. The molecule has 0 aliphatic carbocycles. The van der Waals surface area contributed by atoms with E-state index in [0.717, 1.165) is 18.4 Å². The van der Waals surface area contributed by atoms with Crippen LogP contribution < -0.4 is 0 Å². The lowest BCUT2D eigenvalue weighted by molar-refractivity contribution is -0.113. The van der Waals surface area contributed by atoms with Crippen molar-refractivity contribution in [3.63, 3.8) is 0 Å². The van der Waals surface area contributed by atoms with Crippen LogP contribution in [-0.4, -0.2) is 5.78 Å². The molecule has 11 heavy (non-hydrogen) atoms. The van der Waals surface area contributed by atoms with Crippen molar-refractivity contribution in [2.24, 2.45) is 0 Å². The van der Waals surface area contributed by atoms with E-state index < -0.39 is 0 Å². The number of hydrogen-bond donors (Lipinski definition) is 0. The Morgan fingerprint density at radius 1 is 1.27 bits per heavy atom. The maximum atomic E-state index is 10.7. The molecule has 0 aromatic rings. The van der Waals surface area contributed by atoms with Gasteiger partial charge < -0.3 is 0 Å². The Hall–Kier alpha value is -0.590. The Morgan fingerprint density at radius 2 is 1.91 bits per heavy atom. The largest absolute Gasteiger partial charge is 0.295 e. The number of carbonyl (C=O) groups is 1. The van der Waals surface area contributed by atoms with Crippen molar-refractivity contribution in [3.05, 3.63) is 12.2 Å². The minimum atomic E-state index is 0.140. The van der Waals surface area contributed by atoms with E-state index in [1.165, 1.54) is 19.3 Å². The molecule has 0 saturated heterocycles. The van der Waals surface area contributed by atoms with Gasteiger partial charge in [0.15, 0.2) is 5.78 Å². The van der Waals surface area contributed by atoms with Gasteiger partial charge in [-0.15, -0.1) is 0 Å². The number of allylic oxidation sites excluding steroid dienone is 1. The maximum Gasteiger partial charge on any atom is 0.155 e. The van der Waals surface area contributed by atoms with Crippen molar-refractivity contribution in [3.8, 4) is 0 Å². The van der Waals surface area contributed by atoms with Gasteiger partial charge in [0.05, 0.1) is 0 Å². The highest BCUT2D eigenvalue weighted by atomic mass is 16.1. The van der Waals surface area contributed by atoms with Crippen molar-refractivity contribution < 1.29 is 4.79 Å². The van der Waals surface area contributed by atoms with Gasteiger partial charge in [0.1, 0.15) is 0 Å². The third-order valence-corrected chi connectivity index (χ3v) is 1.83. The second-order valence-corrected chi connectivity index (χ2v) is 2.97. The topological polar surface area (TPSA) is 17.1 Å². The summed E-state index contributed by atoms with van der Waals surface area (Å²) in [7, 11) is 0. The Labute approximate surface area is 69.5 Å². The van der Waals surface area contributed by atoms with Crippen LogP contribution in [-0.2, 0) is 4.79 Å². The van der Waals surface area contributed by atoms with Crippen molar-refractivity contribution >= 4 is 5.78 Å². The number of unbranched alkanes of at least 4 members (excludes halogenated alkanes) is 3. The molecule has 0 aromatic carbocycles. The number of rotatable bonds is 6. The molecule has 0 atom stereocenters. The van der Waals surface area contributed by atoms with Crippen LogP contribution in [0.4, 0.5) is 0 Å². The van der Waals surface area contributed by atoms with Crippen molar-refractivity contribution in [1.29, 1.82) is 0 Å². The van der Waals surface area contributed by atoms with Crippen molar-refractivity contribution in [1.82, 2.24) is 0 Å². The number of Topliss-reactive ketones (excluding diaryl/α,β-unsaturated/α-hetero) is 1. The Bertz CT molecular complexity index is 136. The first-order valence-electron chi connectivity index (χ1n) is 4.37. The Kier molecular flexibility index (Phi) is 5.81. The molecule has 0 radical (unpaired) electrons. The van der Waals surface area contributed by atoms with E-state index >= 15 is 0 Å². The predicted octanol–water partition coefficient (Wildman–Crippen LogP) is 3.10. The fraction of sp³-hybridized carbons (Fsp3) is 0.700. The van der Waals surface area contributed by atoms with Crippen LogP contribution in [0.1, 0.15) is 46.0 Å². The molecule has 0 aromatic heterocycles. The quantitative estimate of drug-likeness (QED) is 0.424. The van der Waals surface area contributed by atoms with Gasteiger partial charge in [-0.25, -0.2) is 0 Å². The fourth-order valence-electron chi connectivity index (χ4n) is 0.941. The summed E-state index contributed by atoms with van der Waals surface area (Å²) in [5.41, 5.74) is 0.779. The smallest absolute Gasteiger partial charge is 0.155 e. The van der Waals surface area contributed by atoms with E-state index in [9.17, 15) is 4.79 Å². The summed E-state index contributed by atoms with van der Waals surface area (Å²) in [5, 5.41) is 0. The van der Waals surface area contributed by atoms with E-state index in [0.29, 0.717) is 0 Å². The van der Waals surface area contributed by atoms with E-state index in [2.05, 4.69) is 13.5 Å². The van der Waals surface area contributed by atoms with E-state index in [-0.39, 0.29) is 5.78 Å². The fourth-order valence-corrected chi connectivity index (χ4v) is 0.941. The summed E-state index contributed by atoms with van der Waals surface area (Å²) in [6.45, 7) is 7.47. The molecular formula is C10H18O. The molecule has 1 nitrogen and oxygen atoms in total. The van der Waals surface area contributed by atoms with Gasteiger partial charge in [-0.05, 0) is 25.3 Å². The maximum absolute atomic E-state index is 10.7. The summed E-state index contributed by atoms with van der Waals surface area (Å²) in [4.78, 5) is 10.7. The molecule has 0 aliphatic heterocycles. The lowest BCUT2D eigenvalue weighted by atomic mass is 10.1. The van der Waals surface area contributed by atoms with Crippen molar-refractivity contribution in [2.75, 3.05) is 0 Å². The van der Waals surface area contributed by atoms with Gasteiger partial charge in [-0.1, -0.05) is 32.8 Å². The number of ketones is 1. The standard InChI is InChI=1S/C10H18O/c1-4-5-6-7-8-9(2)10(3)11/h2,4-8H2,1,3H3. The van der Waals surface area contributed by atoms with Crippen LogP contribution in [0.3, 0.4) is 0 Å². The molecule has 0 bridgehead atoms. The first-order valence-corrected chi connectivity index (χ1v) is 4.37. The van der Waals surface area contributed by atoms with Crippen molar-refractivity contribution in [2.45, 2.75) is 46.0 Å². The van der Waals surface area contributed by atoms with Crippen LogP contribution in [0.2, 0.25) is 0 Å². The lowest BCUT2D eigenvalue weighted by Crippen LogP contribution is -1.94. The van der Waals surface area contributed by atoms with Gasteiger partial charge in [-0.3, -0.25) is 4.79 Å². The molecule has 0 heterocycles. The van der Waals surface area contributed by atoms with Crippen LogP contribution in [0.5, 0.6) is 0 Å². The number of carbonyl (C=O) groups excluding carboxylic acids is 1. The third-order valence-electron chi connectivity index (χ3n) is 1.83. The molecule has 64 valence electrons. The average Bonchev–Trinajstić information content (AvgIpc) is 1.97. The van der Waals surface area contributed by atoms with Gasteiger partial charge >= 0.3 is 0 Å². The average molecular weight is 154 g/mol. The first-order chi connectivity index (χ1) is 5.18. The minimum Gasteiger partial charge on any atom is -0.295 e. The normalized spacial score (nSPS) is 9.64. The summed E-state index contributed by atoms with van der Waals surface area (Å²) < 4.78 is 0. The molecule has 0 aliphatic rings. The van der Waals surface area contributed by atoms with Gasteiger partial charge in [0, 0.05) is 0 Å². The highest BCUT2D eigenvalue weighted by molar-refractivity contribution is 5.92. The summed E-state index contributed by atoms with van der Waals surface area (Å²) >= 11 is 0. The number of hydrogen-bond acceptors (Lipinski definition) is 1. The van der Waals surface area contributed by atoms with E-state index in [1.54, 1.807) is 6.92 Å². The first kappa shape index (κ1) is 10.4. The third kappa shape index (κ3) is 5.84. The van der Waals surface area contributed by atoms with Crippen LogP contribution in [0.15, 0.2) is 12.2 Å². The summed E-state index contributed by atoms with van der Waals surface area (Å²) in [6.07, 6.45) is 5.74.